The van der Waals surface area contributed by atoms with Crippen molar-refractivity contribution in [3.63, 3.8) is 0 Å². The number of carbonyl (C=O) groups is 2. The van der Waals surface area contributed by atoms with E-state index >= 15 is 0 Å². The topological polar surface area (TPSA) is 60.9 Å². The maximum absolute atomic E-state index is 13.2. The molecule has 0 saturated carbocycles. The molecule has 1 heterocycles. The number of β-amino-alcohol motifs (C(OH)–C–C–N with tert-alkyl or cyclic N) is 1. The molecule has 0 spiro atoms. The Bertz CT molecular complexity index is 977. The molecule has 2 unspecified atom stereocenters. The van der Waals surface area contributed by atoms with Crippen molar-refractivity contribution in [2.75, 3.05) is 6.54 Å². The van der Waals surface area contributed by atoms with Crippen LogP contribution in [0.4, 0.5) is 4.79 Å². The molecular formula is C24H22N2O3. The highest BCUT2D eigenvalue weighted by molar-refractivity contribution is 6.04. The number of aliphatic hydroxyl groups excluding tert-OH is 1. The van der Waals surface area contributed by atoms with E-state index in [2.05, 4.69) is 0 Å². The van der Waals surface area contributed by atoms with Crippen LogP contribution in [0.2, 0.25) is 0 Å². The summed E-state index contributed by atoms with van der Waals surface area (Å²) in [7, 11) is 0. The zero-order valence-corrected chi connectivity index (χ0v) is 15.9. The van der Waals surface area contributed by atoms with Gasteiger partial charge < -0.3 is 10.0 Å². The molecule has 3 aromatic rings. The van der Waals surface area contributed by atoms with Gasteiger partial charge in [0.1, 0.15) is 6.04 Å². The molecule has 1 aliphatic heterocycles. The van der Waals surface area contributed by atoms with Crippen LogP contribution in [0.3, 0.4) is 0 Å². The van der Waals surface area contributed by atoms with Gasteiger partial charge in [-0.05, 0) is 16.7 Å². The zero-order valence-electron chi connectivity index (χ0n) is 15.9. The van der Waals surface area contributed by atoms with Crippen molar-refractivity contribution in [3.8, 4) is 0 Å². The van der Waals surface area contributed by atoms with Gasteiger partial charge in [0.25, 0.3) is 5.91 Å². The van der Waals surface area contributed by atoms with Gasteiger partial charge >= 0.3 is 6.03 Å². The number of carbonyl (C=O) groups excluding carboxylic acids is 2. The Balaban J connectivity index is 1.63. The molecule has 5 nitrogen and oxygen atoms in total. The number of amides is 3. The highest BCUT2D eigenvalue weighted by Crippen LogP contribution is 2.33. The summed E-state index contributed by atoms with van der Waals surface area (Å²) in [6.45, 7) is 0.249. The lowest BCUT2D eigenvalue weighted by Crippen LogP contribution is -2.36. The van der Waals surface area contributed by atoms with Crippen molar-refractivity contribution in [2.24, 2.45) is 0 Å². The quantitative estimate of drug-likeness (QED) is 0.653. The fourth-order valence-electron chi connectivity index (χ4n) is 3.66. The average molecular weight is 386 g/mol. The number of hydrogen-bond donors (Lipinski definition) is 1. The third-order valence-electron chi connectivity index (χ3n) is 5.14. The fraction of sp³-hybridized carbons (Fsp3) is 0.167. The van der Waals surface area contributed by atoms with Crippen LogP contribution < -0.4 is 0 Å². The molecule has 1 aliphatic rings. The van der Waals surface area contributed by atoms with Gasteiger partial charge in [0.2, 0.25) is 0 Å². The van der Waals surface area contributed by atoms with Crippen molar-refractivity contribution < 1.29 is 14.7 Å². The Labute approximate surface area is 169 Å². The molecular weight excluding hydrogens is 364 g/mol. The number of urea groups is 1. The van der Waals surface area contributed by atoms with Gasteiger partial charge in [0.05, 0.1) is 12.6 Å². The molecule has 1 saturated heterocycles. The molecule has 4 rings (SSSR count). The van der Waals surface area contributed by atoms with Crippen LogP contribution >= 0.6 is 0 Å². The zero-order chi connectivity index (χ0) is 20.2. The van der Waals surface area contributed by atoms with Crippen molar-refractivity contribution >= 4 is 11.9 Å². The molecule has 146 valence electrons. The minimum atomic E-state index is -0.933. The van der Waals surface area contributed by atoms with E-state index in [0.717, 1.165) is 16.0 Å². The Morgan fingerprint density at radius 3 is 1.97 bits per heavy atom. The summed E-state index contributed by atoms with van der Waals surface area (Å²) in [5.74, 6) is -0.313. The molecule has 0 aliphatic carbocycles. The summed E-state index contributed by atoms with van der Waals surface area (Å²) in [6.07, 6.45) is -0.933. The van der Waals surface area contributed by atoms with E-state index in [9.17, 15) is 14.7 Å². The Hall–Kier alpha value is -3.44. The third kappa shape index (κ3) is 3.91. The smallest absolute Gasteiger partial charge is 0.328 e. The highest BCUT2D eigenvalue weighted by Gasteiger charge is 2.46. The van der Waals surface area contributed by atoms with Gasteiger partial charge in [-0.2, -0.15) is 0 Å². The maximum Gasteiger partial charge on any atom is 0.328 e. The van der Waals surface area contributed by atoms with E-state index in [-0.39, 0.29) is 18.5 Å². The molecule has 3 aromatic carbocycles. The van der Waals surface area contributed by atoms with E-state index in [1.165, 1.54) is 0 Å². The molecule has 1 N–H and O–H groups in total. The van der Waals surface area contributed by atoms with Crippen LogP contribution in [0.1, 0.15) is 28.8 Å². The number of rotatable bonds is 6. The predicted octanol–water partition coefficient (Wildman–Crippen LogP) is 3.93. The Kier molecular flexibility index (Phi) is 5.40. The van der Waals surface area contributed by atoms with Gasteiger partial charge in [0.15, 0.2) is 0 Å². The number of imide groups is 1. The van der Waals surface area contributed by atoms with Crippen molar-refractivity contribution in [1.82, 2.24) is 9.80 Å². The molecule has 0 radical (unpaired) electrons. The summed E-state index contributed by atoms with van der Waals surface area (Å²) >= 11 is 0. The van der Waals surface area contributed by atoms with Gasteiger partial charge in [0, 0.05) is 6.54 Å². The molecule has 0 aromatic heterocycles. The van der Waals surface area contributed by atoms with Crippen LogP contribution in [0.5, 0.6) is 0 Å². The molecule has 3 amide bonds. The van der Waals surface area contributed by atoms with Crippen LogP contribution in [-0.4, -0.2) is 33.4 Å². The molecule has 0 bridgehead atoms. The lowest BCUT2D eigenvalue weighted by molar-refractivity contribution is -0.129. The van der Waals surface area contributed by atoms with Gasteiger partial charge in [-0.25, -0.2) is 4.79 Å². The van der Waals surface area contributed by atoms with Crippen LogP contribution in [0.15, 0.2) is 91.0 Å². The van der Waals surface area contributed by atoms with Crippen molar-refractivity contribution in [1.29, 1.82) is 0 Å². The van der Waals surface area contributed by atoms with Crippen molar-refractivity contribution in [2.45, 2.75) is 18.7 Å². The van der Waals surface area contributed by atoms with Crippen LogP contribution in [0, 0.1) is 0 Å². The first-order valence-electron chi connectivity index (χ1n) is 9.59. The lowest BCUT2D eigenvalue weighted by Gasteiger charge is -2.22. The minimum absolute atomic E-state index is 0.0731. The number of aliphatic hydroxyl groups is 1. The second-order valence-electron chi connectivity index (χ2n) is 7.08. The Morgan fingerprint density at radius 1 is 0.793 bits per heavy atom. The van der Waals surface area contributed by atoms with E-state index in [1.54, 1.807) is 17.0 Å². The van der Waals surface area contributed by atoms with E-state index in [0.29, 0.717) is 12.1 Å². The largest absolute Gasteiger partial charge is 0.387 e. The first-order valence-corrected chi connectivity index (χ1v) is 9.59. The summed E-state index contributed by atoms with van der Waals surface area (Å²) in [4.78, 5) is 29.2. The van der Waals surface area contributed by atoms with Gasteiger partial charge in [-0.15, -0.1) is 0 Å². The van der Waals surface area contributed by atoms with Crippen LogP contribution in [0.25, 0.3) is 0 Å². The summed E-state index contributed by atoms with van der Waals surface area (Å²) in [6, 6.07) is 26.9. The maximum atomic E-state index is 13.2. The van der Waals surface area contributed by atoms with Gasteiger partial charge in [-0.3, -0.25) is 9.69 Å². The van der Waals surface area contributed by atoms with E-state index in [4.69, 9.17) is 0 Å². The lowest BCUT2D eigenvalue weighted by atomic mass is 10.0. The number of hydrogen-bond acceptors (Lipinski definition) is 3. The monoisotopic (exact) mass is 386 g/mol. The first kappa shape index (κ1) is 18.9. The number of nitrogens with zero attached hydrogens (tertiary/aromatic N) is 2. The second kappa shape index (κ2) is 8.29. The molecule has 2 atom stereocenters. The normalized spacial score (nSPS) is 17.6. The Morgan fingerprint density at radius 2 is 1.34 bits per heavy atom. The highest BCUT2D eigenvalue weighted by atomic mass is 16.3. The third-order valence-corrected chi connectivity index (χ3v) is 5.14. The SMILES string of the molecule is O=C1C(c2ccccc2)N(Cc2ccccc2)C(=O)N1CC(O)c1ccccc1. The summed E-state index contributed by atoms with van der Waals surface area (Å²) in [5.41, 5.74) is 2.38. The van der Waals surface area contributed by atoms with Gasteiger partial charge in [-0.1, -0.05) is 91.0 Å². The number of benzene rings is 3. The minimum Gasteiger partial charge on any atom is -0.387 e. The van der Waals surface area contributed by atoms with Crippen molar-refractivity contribution in [3.05, 3.63) is 108 Å². The predicted molar refractivity (Wildman–Crippen MR) is 110 cm³/mol. The molecule has 29 heavy (non-hydrogen) atoms. The fourth-order valence-corrected chi connectivity index (χ4v) is 3.66. The molecule has 5 heteroatoms. The average Bonchev–Trinajstić information content (AvgIpc) is 3.00. The molecule has 1 fully saturated rings. The summed E-state index contributed by atoms with van der Waals surface area (Å²) in [5, 5.41) is 10.6. The van der Waals surface area contributed by atoms with Crippen LogP contribution in [-0.2, 0) is 11.3 Å². The first-order chi connectivity index (χ1) is 14.1. The van der Waals surface area contributed by atoms with E-state index in [1.807, 2.05) is 78.9 Å². The summed E-state index contributed by atoms with van der Waals surface area (Å²) < 4.78 is 0. The standard InChI is InChI=1S/C24H22N2O3/c27-21(19-12-6-2-7-13-19)17-26-23(28)22(20-14-8-3-9-15-20)25(24(26)29)16-18-10-4-1-5-11-18/h1-15,21-22,27H,16-17H2. The second-order valence-corrected chi connectivity index (χ2v) is 7.08. The van der Waals surface area contributed by atoms with E-state index < -0.39 is 12.1 Å².